The van der Waals surface area contributed by atoms with E-state index in [1.54, 1.807) is 24.3 Å². The van der Waals surface area contributed by atoms with Crippen molar-refractivity contribution >= 4 is 57.2 Å². The number of hydrogen-bond acceptors (Lipinski definition) is 2. The molecule has 0 aliphatic carbocycles. The molecule has 0 aromatic heterocycles. The summed E-state index contributed by atoms with van der Waals surface area (Å²) in [5.41, 5.74) is 1.90. The van der Waals surface area contributed by atoms with Crippen LogP contribution in [0.3, 0.4) is 0 Å². The Morgan fingerprint density at radius 1 is 1.00 bits per heavy atom. The summed E-state index contributed by atoms with van der Waals surface area (Å²) in [7, 11) is 0. The molecule has 0 spiro atoms. The molecule has 0 bridgehead atoms. The van der Waals surface area contributed by atoms with E-state index in [0.29, 0.717) is 21.3 Å². The molecule has 25 heavy (non-hydrogen) atoms. The third-order valence-corrected chi connectivity index (χ3v) is 4.89. The minimum absolute atomic E-state index is 0.0765. The molecule has 1 heterocycles. The number of carbonyl (C=O) groups is 2. The Balaban J connectivity index is 1.59. The summed E-state index contributed by atoms with van der Waals surface area (Å²) < 4.78 is 0. The van der Waals surface area contributed by atoms with Crippen molar-refractivity contribution in [3.8, 4) is 0 Å². The zero-order valence-corrected chi connectivity index (χ0v) is 14.4. The van der Waals surface area contributed by atoms with Gasteiger partial charge in [-0.3, -0.25) is 14.5 Å². The van der Waals surface area contributed by atoms with Crippen molar-refractivity contribution < 1.29 is 9.59 Å². The molecule has 0 atom stereocenters. The van der Waals surface area contributed by atoms with Crippen LogP contribution in [-0.4, -0.2) is 18.4 Å². The predicted octanol–water partition coefficient (Wildman–Crippen LogP) is 4.75. The van der Waals surface area contributed by atoms with Gasteiger partial charge in [0.15, 0.2) is 0 Å². The maximum atomic E-state index is 12.7. The normalized spacial score (nSPS) is 12.7. The van der Waals surface area contributed by atoms with Gasteiger partial charge >= 0.3 is 0 Å². The molecule has 0 unspecified atom stereocenters. The van der Waals surface area contributed by atoms with Gasteiger partial charge in [0.2, 0.25) is 5.91 Å². The average molecular weight is 371 g/mol. The SMILES string of the molecule is O=C(CN1C(=O)c2cccc3cccc1c23)Nc1ccc(Cl)c(Cl)c1. The first-order valence-electron chi connectivity index (χ1n) is 7.63. The summed E-state index contributed by atoms with van der Waals surface area (Å²) in [6.45, 7) is -0.0765. The fraction of sp³-hybridized carbons (Fsp3) is 0.0526. The number of anilines is 2. The van der Waals surface area contributed by atoms with Gasteiger partial charge in [-0.25, -0.2) is 0 Å². The number of carbonyl (C=O) groups excluding carboxylic acids is 2. The fourth-order valence-corrected chi connectivity index (χ4v) is 3.35. The van der Waals surface area contributed by atoms with Crippen LogP contribution in [0.15, 0.2) is 54.6 Å². The van der Waals surface area contributed by atoms with E-state index in [1.165, 1.54) is 4.90 Å². The molecule has 6 heteroatoms. The Morgan fingerprint density at radius 2 is 1.76 bits per heavy atom. The Bertz CT molecular complexity index is 1030. The van der Waals surface area contributed by atoms with E-state index in [9.17, 15) is 9.59 Å². The Morgan fingerprint density at radius 3 is 2.52 bits per heavy atom. The quantitative estimate of drug-likeness (QED) is 0.723. The summed E-state index contributed by atoms with van der Waals surface area (Å²) >= 11 is 11.8. The second-order valence-electron chi connectivity index (χ2n) is 5.75. The number of benzene rings is 3. The Hall–Kier alpha value is -2.56. The summed E-state index contributed by atoms with van der Waals surface area (Å²) in [6, 6.07) is 16.1. The van der Waals surface area contributed by atoms with E-state index in [2.05, 4.69) is 5.32 Å². The highest BCUT2D eigenvalue weighted by molar-refractivity contribution is 6.42. The fourth-order valence-electron chi connectivity index (χ4n) is 3.05. The third-order valence-electron chi connectivity index (χ3n) is 4.15. The summed E-state index contributed by atoms with van der Waals surface area (Å²) in [5, 5.41) is 5.38. The lowest BCUT2D eigenvalue weighted by Crippen LogP contribution is -2.35. The van der Waals surface area contributed by atoms with Crippen LogP contribution in [0.4, 0.5) is 11.4 Å². The van der Waals surface area contributed by atoms with Gasteiger partial charge in [0.1, 0.15) is 6.54 Å². The molecular formula is C19H12Cl2N2O2. The highest BCUT2D eigenvalue weighted by Gasteiger charge is 2.30. The first-order chi connectivity index (χ1) is 12.0. The van der Waals surface area contributed by atoms with E-state index in [0.717, 1.165) is 16.5 Å². The summed E-state index contributed by atoms with van der Waals surface area (Å²) in [6.07, 6.45) is 0. The van der Waals surface area contributed by atoms with Crippen molar-refractivity contribution in [1.82, 2.24) is 0 Å². The van der Waals surface area contributed by atoms with Crippen LogP contribution in [0.1, 0.15) is 10.4 Å². The minimum Gasteiger partial charge on any atom is -0.324 e. The van der Waals surface area contributed by atoms with Gasteiger partial charge in [-0.05, 0) is 35.7 Å². The second-order valence-corrected chi connectivity index (χ2v) is 6.56. The second kappa shape index (κ2) is 6.06. The molecule has 4 rings (SSSR count). The van der Waals surface area contributed by atoms with E-state index in [4.69, 9.17) is 23.2 Å². The third kappa shape index (κ3) is 2.73. The number of halogens is 2. The lowest BCUT2D eigenvalue weighted by Gasteiger charge is -2.17. The highest BCUT2D eigenvalue weighted by atomic mass is 35.5. The predicted molar refractivity (Wildman–Crippen MR) is 101 cm³/mol. The molecule has 1 aliphatic heterocycles. The van der Waals surface area contributed by atoms with Crippen LogP contribution >= 0.6 is 23.2 Å². The molecule has 0 saturated carbocycles. The van der Waals surface area contributed by atoms with E-state index >= 15 is 0 Å². The molecule has 124 valence electrons. The standard InChI is InChI=1S/C19H12Cl2N2O2/c20-14-8-7-12(9-15(14)21)22-17(24)10-23-16-6-2-4-11-3-1-5-13(18(11)16)19(23)25/h1-9H,10H2,(H,22,24). The van der Waals surface area contributed by atoms with Crippen molar-refractivity contribution in [3.05, 3.63) is 70.2 Å². The maximum absolute atomic E-state index is 12.7. The van der Waals surface area contributed by atoms with Gasteiger partial charge in [-0.1, -0.05) is 47.5 Å². The maximum Gasteiger partial charge on any atom is 0.259 e. The van der Waals surface area contributed by atoms with Crippen molar-refractivity contribution in [1.29, 1.82) is 0 Å². The van der Waals surface area contributed by atoms with Crippen LogP contribution < -0.4 is 10.2 Å². The van der Waals surface area contributed by atoms with Crippen LogP contribution in [0, 0.1) is 0 Å². The van der Waals surface area contributed by atoms with E-state index in [-0.39, 0.29) is 18.4 Å². The number of nitrogens with zero attached hydrogens (tertiary/aromatic N) is 1. The van der Waals surface area contributed by atoms with Crippen LogP contribution in [0.2, 0.25) is 10.0 Å². The first kappa shape index (κ1) is 15.9. The molecule has 2 amide bonds. The van der Waals surface area contributed by atoms with Gasteiger partial charge < -0.3 is 5.32 Å². The summed E-state index contributed by atoms with van der Waals surface area (Å²) in [4.78, 5) is 26.6. The van der Waals surface area contributed by atoms with Gasteiger partial charge in [-0.15, -0.1) is 0 Å². The Labute approximate surface area is 153 Å². The first-order valence-corrected chi connectivity index (χ1v) is 8.39. The van der Waals surface area contributed by atoms with E-state index < -0.39 is 0 Å². The smallest absolute Gasteiger partial charge is 0.259 e. The number of hydrogen-bond donors (Lipinski definition) is 1. The molecule has 0 radical (unpaired) electrons. The topological polar surface area (TPSA) is 49.4 Å². The minimum atomic E-state index is -0.309. The lowest BCUT2D eigenvalue weighted by molar-refractivity contribution is -0.114. The van der Waals surface area contributed by atoms with Gasteiger partial charge in [-0.2, -0.15) is 0 Å². The van der Waals surface area contributed by atoms with Crippen LogP contribution in [-0.2, 0) is 4.79 Å². The zero-order chi connectivity index (χ0) is 17.6. The molecule has 3 aromatic rings. The van der Waals surface area contributed by atoms with Crippen molar-refractivity contribution in [2.75, 3.05) is 16.8 Å². The van der Waals surface area contributed by atoms with E-state index in [1.807, 2.05) is 30.3 Å². The van der Waals surface area contributed by atoms with Crippen molar-refractivity contribution in [2.45, 2.75) is 0 Å². The number of rotatable bonds is 3. The molecular weight excluding hydrogens is 359 g/mol. The van der Waals surface area contributed by atoms with Crippen molar-refractivity contribution in [3.63, 3.8) is 0 Å². The van der Waals surface area contributed by atoms with Gasteiger partial charge in [0.25, 0.3) is 5.91 Å². The molecule has 1 aliphatic rings. The van der Waals surface area contributed by atoms with Crippen molar-refractivity contribution in [2.24, 2.45) is 0 Å². The molecule has 1 N–H and O–H groups in total. The molecule has 0 saturated heterocycles. The number of amides is 2. The largest absolute Gasteiger partial charge is 0.324 e. The zero-order valence-electron chi connectivity index (χ0n) is 12.9. The Kier molecular flexibility index (Phi) is 3.86. The average Bonchev–Trinajstić information content (AvgIpc) is 2.86. The molecule has 0 fully saturated rings. The monoisotopic (exact) mass is 370 g/mol. The summed E-state index contributed by atoms with van der Waals surface area (Å²) in [5.74, 6) is -0.479. The van der Waals surface area contributed by atoms with Gasteiger partial charge in [0.05, 0.1) is 15.7 Å². The van der Waals surface area contributed by atoms with Crippen LogP contribution in [0.5, 0.6) is 0 Å². The van der Waals surface area contributed by atoms with Gasteiger partial charge in [0, 0.05) is 16.6 Å². The highest BCUT2D eigenvalue weighted by Crippen LogP contribution is 2.37. The van der Waals surface area contributed by atoms with Crippen LogP contribution in [0.25, 0.3) is 10.8 Å². The lowest BCUT2D eigenvalue weighted by atomic mass is 10.1. The molecule has 3 aromatic carbocycles. The molecule has 4 nitrogen and oxygen atoms in total. The number of nitrogens with one attached hydrogen (secondary N) is 1.